The molecule has 4 aromatic carbocycles. The minimum Gasteiger partial charge on any atom is -0.399 e. The largest absolute Gasteiger partial charge is 0.494 e. The molecule has 1 aromatic heterocycles. The van der Waals surface area contributed by atoms with Crippen LogP contribution in [0.25, 0.3) is 44.1 Å². The van der Waals surface area contributed by atoms with Crippen LogP contribution in [0.3, 0.4) is 0 Å². The van der Waals surface area contributed by atoms with Gasteiger partial charge in [-0.3, -0.25) is 0 Å². The standard InChI is InChI=1S/C34H32BNO2/c1-32(2)27-14-10-9-13-25(27)31-29(32)28(26-20-17-21-11-7-8-12-24(21)30(26)36-31)22-15-18-23(19-16-22)35-37-33(3,4)34(5,6)38-35/h7-20H,1-6H3. The molecule has 0 N–H and O–H groups in total. The molecule has 7 rings (SSSR count). The molecule has 5 aromatic rings. The van der Waals surface area contributed by atoms with Crippen LogP contribution in [0.5, 0.6) is 0 Å². The summed E-state index contributed by atoms with van der Waals surface area (Å²) in [6.45, 7) is 13.0. The minimum absolute atomic E-state index is 0.168. The van der Waals surface area contributed by atoms with Crippen molar-refractivity contribution in [2.24, 2.45) is 0 Å². The quantitative estimate of drug-likeness (QED) is 0.185. The Morgan fingerprint density at radius 3 is 2.05 bits per heavy atom. The van der Waals surface area contributed by atoms with Crippen LogP contribution in [0.15, 0.2) is 84.9 Å². The number of aromatic nitrogens is 1. The summed E-state index contributed by atoms with van der Waals surface area (Å²) in [6.07, 6.45) is 0. The maximum Gasteiger partial charge on any atom is 0.494 e. The molecule has 0 amide bonds. The molecule has 0 unspecified atom stereocenters. The van der Waals surface area contributed by atoms with E-state index in [0.717, 1.165) is 16.7 Å². The molecule has 4 heteroatoms. The zero-order valence-corrected chi connectivity index (χ0v) is 22.9. The number of benzene rings is 4. The second-order valence-corrected chi connectivity index (χ2v) is 12.3. The van der Waals surface area contributed by atoms with Gasteiger partial charge < -0.3 is 9.31 Å². The van der Waals surface area contributed by atoms with Crippen molar-refractivity contribution in [1.82, 2.24) is 4.98 Å². The van der Waals surface area contributed by atoms with Crippen molar-refractivity contribution >= 4 is 34.3 Å². The van der Waals surface area contributed by atoms with E-state index >= 15 is 0 Å². The first-order valence-electron chi connectivity index (χ1n) is 13.5. The van der Waals surface area contributed by atoms with E-state index < -0.39 is 0 Å². The van der Waals surface area contributed by atoms with Gasteiger partial charge in [-0.15, -0.1) is 0 Å². The molecule has 0 spiro atoms. The Labute approximate surface area is 225 Å². The van der Waals surface area contributed by atoms with Crippen LogP contribution in [0.1, 0.15) is 52.7 Å². The smallest absolute Gasteiger partial charge is 0.399 e. The van der Waals surface area contributed by atoms with Gasteiger partial charge in [0, 0.05) is 21.8 Å². The SMILES string of the molecule is CC1(C)c2ccccc2-c2nc3c(ccc4ccccc43)c(-c3ccc(B4OC(C)(C)C(C)(C)O4)cc3)c21. The van der Waals surface area contributed by atoms with Gasteiger partial charge in [0.1, 0.15) is 0 Å². The Kier molecular flexibility index (Phi) is 4.84. The zero-order chi connectivity index (χ0) is 26.4. The third-order valence-electron chi connectivity index (χ3n) is 9.09. The molecule has 3 nitrogen and oxygen atoms in total. The van der Waals surface area contributed by atoms with Crippen molar-refractivity contribution in [3.05, 3.63) is 96.1 Å². The van der Waals surface area contributed by atoms with Gasteiger partial charge in [0.2, 0.25) is 0 Å². The Balaban J connectivity index is 1.47. The molecule has 2 heterocycles. The highest BCUT2D eigenvalue weighted by molar-refractivity contribution is 6.62. The average Bonchev–Trinajstić information content (AvgIpc) is 3.27. The summed E-state index contributed by atoms with van der Waals surface area (Å²) >= 11 is 0. The van der Waals surface area contributed by atoms with Crippen molar-refractivity contribution < 1.29 is 9.31 Å². The van der Waals surface area contributed by atoms with Crippen LogP contribution in [0.2, 0.25) is 0 Å². The van der Waals surface area contributed by atoms with E-state index in [-0.39, 0.29) is 23.7 Å². The van der Waals surface area contributed by atoms with E-state index in [4.69, 9.17) is 14.3 Å². The van der Waals surface area contributed by atoms with Gasteiger partial charge in [-0.2, -0.15) is 0 Å². The molecular weight excluding hydrogens is 465 g/mol. The third-order valence-corrected chi connectivity index (χ3v) is 9.09. The predicted octanol–water partition coefficient (Wildman–Crippen LogP) is 7.66. The van der Waals surface area contributed by atoms with Gasteiger partial charge >= 0.3 is 7.12 Å². The Bertz CT molecular complexity index is 1740. The summed E-state index contributed by atoms with van der Waals surface area (Å²) in [5.74, 6) is 0. The molecule has 188 valence electrons. The minimum atomic E-state index is -0.376. The predicted molar refractivity (Wildman–Crippen MR) is 158 cm³/mol. The first-order chi connectivity index (χ1) is 18.1. The second kappa shape index (κ2) is 7.78. The van der Waals surface area contributed by atoms with E-state index in [0.29, 0.717) is 0 Å². The van der Waals surface area contributed by atoms with Crippen LogP contribution in [0, 0.1) is 0 Å². The van der Waals surface area contributed by atoms with Crippen LogP contribution in [-0.4, -0.2) is 23.3 Å². The monoisotopic (exact) mass is 497 g/mol. The van der Waals surface area contributed by atoms with E-state index in [1.54, 1.807) is 0 Å². The lowest BCUT2D eigenvalue weighted by Gasteiger charge is -2.32. The van der Waals surface area contributed by atoms with Crippen molar-refractivity contribution in [3.8, 4) is 22.4 Å². The lowest BCUT2D eigenvalue weighted by molar-refractivity contribution is 0.00578. The summed E-state index contributed by atoms with van der Waals surface area (Å²) < 4.78 is 12.7. The second-order valence-electron chi connectivity index (χ2n) is 12.3. The lowest BCUT2D eigenvalue weighted by Crippen LogP contribution is -2.41. The Morgan fingerprint density at radius 1 is 0.658 bits per heavy atom. The van der Waals surface area contributed by atoms with Gasteiger partial charge in [-0.25, -0.2) is 4.98 Å². The highest BCUT2D eigenvalue weighted by atomic mass is 16.7. The topological polar surface area (TPSA) is 31.4 Å². The lowest BCUT2D eigenvalue weighted by atomic mass is 9.76. The fourth-order valence-corrected chi connectivity index (χ4v) is 6.26. The van der Waals surface area contributed by atoms with Crippen LogP contribution in [-0.2, 0) is 14.7 Å². The van der Waals surface area contributed by atoms with Crippen molar-refractivity contribution in [2.75, 3.05) is 0 Å². The van der Waals surface area contributed by atoms with E-state index in [9.17, 15) is 0 Å². The molecule has 0 bridgehead atoms. The number of nitrogens with zero attached hydrogens (tertiary/aromatic N) is 1. The van der Waals surface area contributed by atoms with Crippen molar-refractivity contribution in [1.29, 1.82) is 0 Å². The normalized spacial score (nSPS) is 18.6. The maximum absolute atomic E-state index is 6.33. The molecule has 38 heavy (non-hydrogen) atoms. The molecular formula is C34H32BNO2. The number of hydrogen-bond donors (Lipinski definition) is 0. The average molecular weight is 497 g/mol. The molecule has 1 fully saturated rings. The van der Waals surface area contributed by atoms with Crippen LogP contribution >= 0.6 is 0 Å². The van der Waals surface area contributed by atoms with E-state index in [2.05, 4.69) is 126 Å². The molecule has 1 aliphatic heterocycles. The fraction of sp³-hybridized carbons (Fsp3) is 0.265. The fourth-order valence-electron chi connectivity index (χ4n) is 6.26. The first-order valence-corrected chi connectivity index (χ1v) is 13.5. The van der Waals surface area contributed by atoms with Gasteiger partial charge in [0.15, 0.2) is 0 Å². The number of hydrogen-bond acceptors (Lipinski definition) is 3. The number of pyridine rings is 1. The van der Waals surface area contributed by atoms with Gasteiger partial charge in [-0.1, -0.05) is 98.8 Å². The molecule has 1 aliphatic carbocycles. The van der Waals surface area contributed by atoms with Gasteiger partial charge in [0.25, 0.3) is 0 Å². The highest BCUT2D eigenvalue weighted by Crippen LogP contribution is 2.53. The van der Waals surface area contributed by atoms with E-state index in [1.807, 2.05) is 0 Å². The van der Waals surface area contributed by atoms with Crippen LogP contribution < -0.4 is 5.46 Å². The van der Waals surface area contributed by atoms with Gasteiger partial charge in [0.05, 0.1) is 22.4 Å². The third kappa shape index (κ3) is 3.20. The molecule has 0 atom stereocenters. The van der Waals surface area contributed by atoms with Crippen LogP contribution in [0.4, 0.5) is 0 Å². The Hall–Kier alpha value is -3.47. The number of fused-ring (bicyclic) bond motifs is 6. The zero-order valence-electron chi connectivity index (χ0n) is 22.9. The summed E-state index contributed by atoms with van der Waals surface area (Å²) in [4.78, 5) is 5.38. The summed E-state index contributed by atoms with van der Waals surface area (Å²) in [7, 11) is -0.376. The number of rotatable bonds is 2. The molecule has 0 saturated carbocycles. The van der Waals surface area contributed by atoms with Crippen molar-refractivity contribution in [3.63, 3.8) is 0 Å². The summed E-state index contributed by atoms with van der Waals surface area (Å²) in [6, 6.07) is 30.5. The Morgan fingerprint density at radius 2 is 1.32 bits per heavy atom. The molecule has 0 radical (unpaired) electrons. The van der Waals surface area contributed by atoms with E-state index in [1.165, 1.54) is 44.0 Å². The van der Waals surface area contributed by atoms with Gasteiger partial charge in [-0.05, 0) is 60.8 Å². The summed E-state index contributed by atoms with van der Waals surface area (Å²) in [5.41, 5.74) is 8.60. The maximum atomic E-state index is 6.33. The first kappa shape index (κ1) is 23.6. The highest BCUT2D eigenvalue weighted by Gasteiger charge is 2.51. The molecule has 2 aliphatic rings. The molecule has 1 saturated heterocycles. The van der Waals surface area contributed by atoms with Crippen molar-refractivity contribution in [2.45, 2.75) is 58.2 Å². The summed E-state index contributed by atoms with van der Waals surface area (Å²) in [5, 5.41) is 3.58.